The lowest BCUT2D eigenvalue weighted by atomic mass is 10.0. The summed E-state index contributed by atoms with van der Waals surface area (Å²) in [7, 11) is 0. The van der Waals surface area contributed by atoms with E-state index in [0.717, 1.165) is 33.7 Å². The maximum Gasteiger partial charge on any atom is 0.227 e. The molecule has 0 fully saturated rings. The molecule has 3 aromatic heterocycles. The number of oxazole rings is 1. The summed E-state index contributed by atoms with van der Waals surface area (Å²) in [6, 6.07) is 56.9. The second-order valence-corrected chi connectivity index (χ2v) is 15.0. The summed E-state index contributed by atoms with van der Waals surface area (Å²) >= 11 is 3.72. The summed E-state index contributed by atoms with van der Waals surface area (Å²) in [5.74, 6) is 0.625. The van der Waals surface area contributed by atoms with Crippen molar-refractivity contribution >= 4 is 113 Å². The van der Waals surface area contributed by atoms with Crippen molar-refractivity contribution in [2.24, 2.45) is 0 Å². The van der Waals surface area contributed by atoms with Gasteiger partial charge >= 0.3 is 0 Å². The second kappa shape index (κ2) is 10.7. The Morgan fingerprint density at radius 2 is 0.960 bits per heavy atom. The Morgan fingerprint density at radius 3 is 1.56 bits per heavy atom. The highest BCUT2D eigenvalue weighted by Gasteiger charge is 2.17. The Kier molecular flexibility index (Phi) is 5.99. The molecular formula is C45H26N2OS2. The van der Waals surface area contributed by atoms with Crippen LogP contribution in [-0.2, 0) is 0 Å². The first-order valence-electron chi connectivity index (χ1n) is 16.7. The molecule has 0 aliphatic heterocycles. The van der Waals surface area contributed by atoms with Crippen LogP contribution in [-0.4, -0.2) is 4.98 Å². The van der Waals surface area contributed by atoms with E-state index >= 15 is 0 Å². The molecule has 0 N–H and O–H groups in total. The van der Waals surface area contributed by atoms with Crippen LogP contribution in [0.25, 0.3) is 84.4 Å². The molecule has 0 unspecified atom stereocenters. The summed E-state index contributed by atoms with van der Waals surface area (Å²) in [5.41, 5.74) is 5.88. The molecule has 50 heavy (non-hydrogen) atoms. The number of rotatable bonds is 4. The van der Waals surface area contributed by atoms with E-state index in [-0.39, 0.29) is 0 Å². The highest BCUT2D eigenvalue weighted by Crippen LogP contribution is 2.42. The Bertz CT molecular complexity index is 2930. The van der Waals surface area contributed by atoms with Crippen molar-refractivity contribution in [3.63, 3.8) is 0 Å². The van der Waals surface area contributed by atoms with Crippen LogP contribution in [0, 0.1) is 0 Å². The van der Waals surface area contributed by atoms with Crippen LogP contribution in [0.3, 0.4) is 0 Å². The summed E-state index contributed by atoms with van der Waals surface area (Å²) in [4.78, 5) is 7.10. The molecule has 0 aliphatic carbocycles. The molecule has 0 radical (unpaired) electrons. The summed E-state index contributed by atoms with van der Waals surface area (Å²) in [6.45, 7) is 0. The molecule has 0 atom stereocenters. The van der Waals surface area contributed by atoms with Gasteiger partial charge in [0.05, 0.1) is 0 Å². The molecule has 0 spiro atoms. The van der Waals surface area contributed by atoms with Gasteiger partial charge in [-0.05, 0) is 119 Å². The van der Waals surface area contributed by atoms with Gasteiger partial charge in [0.2, 0.25) is 5.89 Å². The molecule has 5 heteroatoms. The van der Waals surface area contributed by atoms with Gasteiger partial charge in [-0.15, -0.1) is 22.7 Å². The van der Waals surface area contributed by atoms with Gasteiger partial charge in [0.1, 0.15) is 5.52 Å². The number of nitrogens with zero attached hydrogens (tertiary/aromatic N) is 2. The quantitative estimate of drug-likeness (QED) is 0.186. The van der Waals surface area contributed by atoms with Crippen LogP contribution in [0.1, 0.15) is 0 Å². The van der Waals surface area contributed by atoms with Gasteiger partial charge in [0, 0.05) is 63.0 Å². The zero-order valence-corrected chi connectivity index (χ0v) is 28.3. The molecule has 0 aliphatic rings. The molecule has 0 amide bonds. The van der Waals surface area contributed by atoms with Gasteiger partial charge in [-0.2, -0.15) is 0 Å². The molecule has 3 heterocycles. The Hall–Kier alpha value is -6.01. The second-order valence-electron chi connectivity index (χ2n) is 12.8. The van der Waals surface area contributed by atoms with Crippen LogP contribution >= 0.6 is 22.7 Å². The minimum absolute atomic E-state index is 0.625. The van der Waals surface area contributed by atoms with Crippen molar-refractivity contribution in [1.29, 1.82) is 0 Å². The van der Waals surface area contributed by atoms with E-state index in [1.54, 1.807) is 0 Å². The molecule has 0 saturated carbocycles. The summed E-state index contributed by atoms with van der Waals surface area (Å²) in [6.07, 6.45) is 0. The predicted molar refractivity (Wildman–Crippen MR) is 215 cm³/mol. The first-order chi connectivity index (χ1) is 24.7. The smallest absolute Gasteiger partial charge is 0.227 e. The number of thiophene rings is 2. The number of benzene rings is 8. The fourth-order valence-corrected chi connectivity index (χ4v) is 9.66. The molecule has 11 rings (SSSR count). The largest absolute Gasteiger partial charge is 0.436 e. The third-order valence-electron chi connectivity index (χ3n) is 9.82. The van der Waals surface area contributed by atoms with Gasteiger partial charge in [-0.1, -0.05) is 60.7 Å². The van der Waals surface area contributed by atoms with Crippen LogP contribution in [0.2, 0.25) is 0 Å². The third kappa shape index (κ3) is 4.37. The fourth-order valence-electron chi connectivity index (χ4n) is 7.39. The maximum absolute atomic E-state index is 6.11. The van der Waals surface area contributed by atoms with Crippen molar-refractivity contribution in [3.8, 4) is 11.5 Å². The topological polar surface area (TPSA) is 29.3 Å². The number of para-hydroxylation sites is 2. The molecule has 3 nitrogen and oxygen atoms in total. The maximum atomic E-state index is 6.11. The zero-order valence-electron chi connectivity index (χ0n) is 26.6. The number of hydrogen-bond donors (Lipinski definition) is 0. The number of hydrogen-bond acceptors (Lipinski definition) is 5. The van der Waals surface area contributed by atoms with E-state index in [1.807, 2.05) is 46.9 Å². The van der Waals surface area contributed by atoms with E-state index in [0.29, 0.717) is 5.89 Å². The van der Waals surface area contributed by atoms with Gasteiger partial charge in [0.25, 0.3) is 0 Å². The average Bonchev–Trinajstić information content (AvgIpc) is 3.86. The lowest BCUT2D eigenvalue weighted by Crippen LogP contribution is -2.09. The van der Waals surface area contributed by atoms with Gasteiger partial charge in [0.15, 0.2) is 5.58 Å². The van der Waals surface area contributed by atoms with Crippen LogP contribution in [0.5, 0.6) is 0 Å². The Labute approximate surface area is 294 Å². The van der Waals surface area contributed by atoms with E-state index in [4.69, 9.17) is 9.40 Å². The molecule has 8 aromatic carbocycles. The number of aromatic nitrogens is 1. The van der Waals surface area contributed by atoms with Crippen molar-refractivity contribution in [1.82, 2.24) is 4.98 Å². The number of anilines is 3. The minimum atomic E-state index is 0.625. The molecule has 234 valence electrons. The van der Waals surface area contributed by atoms with Gasteiger partial charge in [-0.25, -0.2) is 4.98 Å². The van der Waals surface area contributed by atoms with Crippen LogP contribution in [0.4, 0.5) is 17.1 Å². The lowest BCUT2D eigenvalue weighted by molar-refractivity contribution is 0.620. The molecule has 0 bridgehead atoms. The van der Waals surface area contributed by atoms with Crippen molar-refractivity contribution < 1.29 is 4.42 Å². The number of fused-ring (bicyclic) bond motifs is 9. The van der Waals surface area contributed by atoms with E-state index in [1.165, 1.54) is 61.9 Å². The molecule has 0 saturated heterocycles. The SMILES string of the molecule is c1ccc2oc(-c3ccc(N(c4ccc5cc6c(cc5c4)sc4ccccc46)c4ccc5cc6c(cc5c4)sc4ccccc46)cc3)nc2c1. The van der Waals surface area contributed by atoms with Crippen LogP contribution in [0.15, 0.2) is 162 Å². The lowest BCUT2D eigenvalue weighted by Gasteiger charge is -2.26. The van der Waals surface area contributed by atoms with Crippen molar-refractivity contribution in [3.05, 3.63) is 158 Å². The van der Waals surface area contributed by atoms with Crippen molar-refractivity contribution in [2.45, 2.75) is 0 Å². The van der Waals surface area contributed by atoms with Gasteiger partial charge < -0.3 is 9.32 Å². The highest BCUT2D eigenvalue weighted by molar-refractivity contribution is 7.26. The Balaban J connectivity index is 1.08. The fraction of sp³-hybridized carbons (Fsp3) is 0. The highest BCUT2D eigenvalue weighted by atomic mass is 32.1. The van der Waals surface area contributed by atoms with E-state index < -0.39 is 0 Å². The first kappa shape index (κ1) is 27.9. The third-order valence-corrected chi connectivity index (χ3v) is 12.1. The summed E-state index contributed by atoms with van der Waals surface area (Å²) < 4.78 is 11.4. The van der Waals surface area contributed by atoms with Gasteiger partial charge in [-0.3, -0.25) is 0 Å². The van der Waals surface area contributed by atoms with E-state index in [9.17, 15) is 0 Å². The average molecular weight is 675 g/mol. The first-order valence-corrected chi connectivity index (χ1v) is 18.3. The van der Waals surface area contributed by atoms with Crippen molar-refractivity contribution in [2.75, 3.05) is 4.90 Å². The van der Waals surface area contributed by atoms with E-state index in [2.05, 4.69) is 138 Å². The summed E-state index contributed by atoms with van der Waals surface area (Å²) in [5, 5.41) is 10.2. The standard InChI is InChI=1S/C45H26N2OS2/c1-5-11-41-35(7-1)37-23-28-15-19-33(21-30(28)25-43(37)49-41)47(32-17-13-27(14-18-32)45-46-39-9-3-4-10-40(39)48-45)34-20-16-29-24-38-36-8-2-6-12-42(36)50-44(38)26-31(29)22-34/h1-26H. The zero-order chi connectivity index (χ0) is 32.8. The predicted octanol–water partition coefficient (Wildman–Crippen LogP) is 14.0. The normalized spacial score (nSPS) is 12.0. The monoisotopic (exact) mass is 674 g/mol. The molecular weight excluding hydrogens is 649 g/mol. The molecule has 11 aromatic rings. The Morgan fingerprint density at radius 1 is 0.420 bits per heavy atom. The minimum Gasteiger partial charge on any atom is -0.436 e. The van der Waals surface area contributed by atoms with Crippen LogP contribution < -0.4 is 4.90 Å².